The van der Waals surface area contributed by atoms with Crippen LogP contribution in [0.1, 0.15) is 32.1 Å². The van der Waals surface area contributed by atoms with E-state index in [1.807, 2.05) is 0 Å². The number of nitrogens with zero attached hydrogens (tertiary/aromatic N) is 4. The summed E-state index contributed by atoms with van der Waals surface area (Å²) in [6.45, 7) is 15.3. The maximum atomic E-state index is 3.48. The van der Waals surface area contributed by atoms with Gasteiger partial charge in [-0.15, -0.1) is 0 Å². The SMILES string of the molecule is IN1CCN(CCCCCN2CCN(C3CCNCC3)CC2)CC1. The maximum Gasteiger partial charge on any atom is 0.0209 e. The van der Waals surface area contributed by atoms with Crippen molar-refractivity contribution in [1.82, 2.24) is 23.1 Å². The molecule has 0 aromatic rings. The molecule has 0 radical (unpaired) electrons. The molecule has 24 heavy (non-hydrogen) atoms. The van der Waals surface area contributed by atoms with Crippen molar-refractivity contribution in [2.24, 2.45) is 0 Å². The second kappa shape index (κ2) is 10.6. The summed E-state index contributed by atoms with van der Waals surface area (Å²) in [5.41, 5.74) is 0. The molecule has 0 spiro atoms. The topological polar surface area (TPSA) is 25.0 Å². The van der Waals surface area contributed by atoms with Gasteiger partial charge in [0.05, 0.1) is 0 Å². The quantitative estimate of drug-likeness (QED) is 0.361. The Morgan fingerprint density at radius 2 is 1.25 bits per heavy atom. The number of piperidine rings is 1. The molecule has 3 aliphatic rings. The van der Waals surface area contributed by atoms with Crippen LogP contribution in [0.15, 0.2) is 0 Å². The summed E-state index contributed by atoms with van der Waals surface area (Å²) >= 11 is 2.45. The number of rotatable bonds is 7. The Kier molecular flexibility index (Phi) is 8.54. The average molecular weight is 449 g/mol. The maximum absolute atomic E-state index is 3.48. The molecule has 0 bridgehead atoms. The Balaban J connectivity index is 1.20. The second-order valence-electron chi connectivity index (χ2n) is 7.67. The fraction of sp³-hybridized carbons (Fsp3) is 1.00. The molecular weight excluding hydrogens is 413 g/mol. The minimum Gasteiger partial charge on any atom is -0.317 e. The molecule has 140 valence electrons. The Hall–Kier alpha value is 0.530. The summed E-state index contributed by atoms with van der Waals surface area (Å²) < 4.78 is 2.41. The highest BCUT2D eigenvalue weighted by molar-refractivity contribution is 14.1. The average Bonchev–Trinajstić information content (AvgIpc) is 2.64. The van der Waals surface area contributed by atoms with E-state index >= 15 is 0 Å². The van der Waals surface area contributed by atoms with E-state index in [0.717, 1.165) is 6.04 Å². The largest absolute Gasteiger partial charge is 0.317 e. The normalized spacial score (nSPS) is 26.9. The van der Waals surface area contributed by atoms with Gasteiger partial charge in [0, 0.05) is 81.3 Å². The van der Waals surface area contributed by atoms with Gasteiger partial charge >= 0.3 is 0 Å². The molecule has 3 saturated heterocycles. The first kappa shape index (κ1) is 19.3. The molecule has 3 rings (SSSR count). The lowest BCUT2D eigenvalue weighted by atomic mass is 10.0. The fourth-order valence-corrected chi connectivity index (χ4v) is 4.75. The minimum absolute atomic E-state index is 0.858. The zero-order valence-electron chi connectivity index (χ0n) is 15.3. The van der Waals surface area contributed by atoms with Crippen molar-refractivity contribution in [3.8, 4) is 0 Å². The van der Waals surface area contributed by atoms with Gasteiger partial charge in [-0.25, -0.2) is 3.11 Å². The monoisotopic (exact) mass is 449 g/mol. The van der Waals surface area contributed by atoms with E-state index < -0.39 is 0 Å². The fourth-order valence-electron chi connectivity index (χ4n) is 4.32. The van der Waals surface area contributed by atoms with Crippen molar-refractivity contribution in [2.75, 3.05) is 78.5 Å². The number of hydrogen-bond donors (Lipinski definition) is 1. The summed E-state index contributed by atoms with van der Waals surface area (Å²) in [4.78, 5) is 8.10. The Labute approximate surface area is 162 Å². The lowest BCUT2D eigenvalue weighted by Gasteiger charge is -2.41. The summed E-state index contributed by atoms with van der Waals surface area (Å²) in [5.74, 6) is 0. The third kappa shape index (κ3) is 6.36. The van der Waals surface area contributed by atoms with Crippen LogP contribution >= 0.6 is 22.9 Å². The van der Waals surface area contributed by atoms with E-state index in [1.165, 1.54) is 111 Å². The first-order chi connectivity index (χ1) is 11.8. The van der Waals surface area contributed by atoms with Crippen LogP contribution in [0.2, 0.25) is 0 Å². The molecule has 0 amide bonds. The van der Waals surface area contributed by atoms with Crippen molar-refractivity contribution in [1.29, 1.82) is 0 Å². The second-order valence-corrected chi connectivity index (χ2v) is 9.04. The molecule has 0 saturated carbocycles. The van der Waals surface area contributed by atoms with Gasteiger partial charge in [-0.05, 0) is 51.9 Å². The third-order valence-corrected chi connectivity index (χ3v) is 6.96. The zero-order valence-corrected chi connectivity index (χ0v) is 17.4. The summed E-state index contributed by atoms with van der Waals surface area (Å²) in [6, 6.07) is 0.858. The van der Waals surface area contributed by atoms with Gasteiger partial charge in [0.15, 0.2) is 0 Å². The van der Waals surface area contributed by atoms with Gasteiger partial charge in [-0.1, -0.05) is 6.42 Å². The van der Waals surface area contributed by atoms with Crippen molar-refractivity contribution in [3.63, 3.8) is 0 Å². The van der Waals surface area contributed by atoms with Crippen LogP contribution < -0.4 is 5.32 Å². The minimum atomic E-state index is 0.858. The molecule has 0 atom stereocenters. The van der Waals surface area contributed by atoms with Crippen molar-refractivity contribution in [3.05, 3.63) is 0 Å². The van der Waals surface area contributed by atoms with E-state index in [1.54, 1.807) is 0 Å². The molecule has 3 aliphatic heterocycles. The Morgan fingerprint density at radius 3 is 1.83 bits per heavy atom. The molecule has 1 N–H and O–H groups in total. The van der Waals surface area contributed by atoms with Gasteiger partial charge < -0.3 is 15.1 Å². The predicted molar refractivity (Wildman–Crippen MR) is 110 cm³/mol. The van der Waals surface area contributed by atoms with Crippen molar-refractivity contribution >= 4 is 22.9 Å². The zero-order chi connectivity index (χ0) is 16.6. The van der Waals surface area contributed by atoms with E-state index in [9.17, 15) is 0 Å². The lowest BCUT2D eigenvalue weighted by molar-refractivity contribution is 0.0809. The highest BCUT2D eigenvalue weighted by Crippen LogP contribution is 2.15. The van der Waals surface area contributed by atoms with E-state index in [-0.39, 0.29) is 0 Å². The molecule has 0 unspecified atom stereocenters. The molecule has 5 nitrogen and oxygen atoms in total. The third-order valence-electron chi connectivity index (χ3n) is 6.00. The summed E-state index contributed by atoms with van der Waals surface area (Å²) in [6.07, 6.45) is 6.88. The van der Waals surface area contributed by atoms with Crippen LogP contribution in [0.5, 0.6) is 0 Å². The van der Waals surface area contributed by atoms with Crippen LogP contribution in [0, 0.1) is 0 Å². The number of nitrogens with one attached hydrogen (secondary N) is 1. The van der Waals surface area contributed by atoms with Crippen LogP contribution in [0.4, 0.5) is 0 Å². The van der Waals surface area contributed by atoms with E-state index in [0.29, 0.717) is 0 Å². The highest BCUT2D eigenvalue weighted by atomic mass is 127. The van der Waals surface area contributed by atoms with Crippen LogP contribution in [0.25, 0.3) is 0 Å². The van der Waals surface area contributed by atoms with Crippen molar-refractivity contribution in [2.45, 2.75) is 38.1 Å². The first-order valence-electron chi connectivity index (χ1n) is 10.1. The molecule has 6 heteroatoms. The van der Waals surface area contributed by atoms with E-state index in [2.05, 4.69) is 46.0 Å². The van der Waals surface area contributed by atoms with Gasteiger partial charge in [0.1, 0.15) is 0 Å². The number of piperazine rings is 2. The lowest BCUT2D eigenvalue weighted by Crippen LogP contribution is -2.52. The number of halogens is 1. The van der Waals surface area contributed by atoms with Gasteiger partial charge in [-0.2, -0.15) is 0 Å². The molecular formula is C18H36IN5. The van der Waals surface area contributed by atoms with Crippen LogP contribution in [-0.2, 0) is 0 Å². The molecule has 0 aliphatic carbocycles. The standard InChI is InChI=1S/C18H36IN5/c19-24-16-12-22(13-17-24)9-3-1-2-8-21-10-14-23(15-11-21)18-4-6-20-7-5-18/h18,20H,1-17H2. The summed E-state index contributed by atoms with van der Waals surface area (Å²) in [7, 11) is 0. The number of hydrogen-bond acceptors (Lipinski definition) is 5. The molecule has 0 aromatic carbocycles. The molecule has 0 aromatic heterocycles. The van der Waals surface area contributed by atoms with Gasteiger partial charge in [0.25, 0.3) is 0 Å². The van der Waals surface area contributed by atoms with Gasteiger partial charge in [-0.3, -0.25) is 4.90 Å². The van der Waals surface area contributed by atoms with Crippen LogP contribution in [-0.4, -0.2) is 102 Å². The van der Waals surface area contributed by atoms with E-state index in [4.69, 9.17) is 0 Å². The summed E-state index contributed by atoms with van der Waals surface area (Å²) in [5, 5.41) is 3.48. The molecule has 3 fully saturated rings. The molecule has 3 heterocycles. The predicted octanol–water partition coefficient (Wildman–Crippen LogP) is 1.49. The van der Waals surface area contributed by atoms with Crippen molar-refractivity contribution < 1.29 is 0 Å². The number of unbranched alkanes of at least 4 members (excludes halogenated alkanes) is 2. The smallest absolute Gasteiger partial charge is 0.0209 e. The van der Waals surface area contributed by atoms with Gasteiger partial charge in [0.2, 0.25) is 0 Å². The Bertz CT molecular complexity index is 334. The first-order valence-corrected chi connectivity index (χ1v) is 11.1. The Morgan fingerprint density at radius 1 is 0.708 bits per heavy atom. The highest BCUT2D eigenvalue weighted by Gasteiger charge is 2.24. The van der Waals surface area contributed by atoms with Crippen LogP contribution in [0.3, 0.4) is 0 Å².